The minimum absolute atomic E-state index is 0.273. The average molecular weight is 515 g/mol. The first-order valence-electron chi connectivity index (χ1n) is 9.67. The van der Waals surface area contributed by atoms with Gasteiger partial charge < -0.3 is 0 Å². The van der Waals surface area contributed by atoms with Crippen molar-refractivity contribution in [1.82, 2.24) is 9.55 Å². The Morgan fingerprint density at radius 3 is 2.07 bits per heavy atom. The maximum absolute atomic E-state index is 12.4. The fourth-order valence-corrected chi connectivity index (χ4v) is 14.1. The predicted octanol–water partition coefficient (Wildman–Crippen LogP) is -0.533. The second-order valence-corrected chi connectivity index (χ2v) is 15.4. The standard InChI is InChI=1S/C9H10N2O6.2C6H5.Sn/c12-3-4-6(14)7(15)8(17-4)11-2-1-5(13)10-9(11)16;2*1-2-4-6-5-3-1;/h1-2,4,6-8,12H,3H2,(H,10,13,16);2*1-5H;/q-2;;;+2. The molecule has 0 bridgehead atoms. The van der Waals surface area contributed by atoms with Gasteiger partial charge in [-0.05, 0) is 0 Å². The van der Waals surface area contributed by atoms with Crippen molar-refractivity contribution in [1.29, 1.82) is 0 Å². The van der Waals surface area contributed by atoms with E-state index in [0.29, 0.717) is 0 Å². The van der Waals surface area contributed by atoms with Crippen LogP contribution in [-0.2, 0) is 10.9 Å². The number of benzene rings is 2. The van der Waals surface area contributed by atoms with Gasteiger partial charge in [-0.2, -0.15) is 0 Å². The Bertz CT molecular complexity index is 1110. The number of nitrogens with one attached hydrogen (secondary N) is 1. The maximum atomic E-state index is 12.4. The molecule has 4 unspecified atom stereocenters. The normalized spacial score (nSPS) is 27.1. The van der Waals surface area contributed by atoms with Crippen LogP contribution >= 0.6 is 0 Å². The van der Waals surface area contributed by atoms with Crippen LogP contribution in [0, 0.1) is 0 Å². The summed E-state index contributed by atoms with van der Waals surface area (Å²) in [6, 6.07) is 20.9. The Kier molecular flexibility index (Phi) is 5.11. The van der Waals surface area contributed by atoms with E-state index in [4.69, 9.17) is 10.9 Å². The molecule has 8 nitrogen and oxygen atoms in total. The summed E-state index contributed by atoms with van der Waals surface area (Å²) in [6.45, 7) is -0.273. The van der Waals surface area contributed by atoms with E-state index in [1.807, 2.05) is 60.7 Å². The first-order valence-corrected chi connectivity index (χ1v) is 14.9. The molecule has 2 N–H and O–H groups in total. The summed E-state index contributed by atoms with van der Waals surface area (Å²) in [4.78, 5) is 26.1. The Balaban J connectivity index is 1.62. The topological polar surface area (TPSA) is 103 Å². The van der Waals surface area contributed by atoms with E-state index >= 15 is 0 Å². The van der Waals surface area contributed by atoms with Crippen LogP contribution in [-0.4, -0.2) is 58.8 Å². The molecular weight excluding hydrogens is 495 g/mol. The summed E-state index contributed by atoms with van der Waals surface area (Å²) in [6.07, 6.45) is -1.21. The second kappa shape index (κ2) is 7.78. The third-order valence-corrected chi connectivity index (χ3v) is 15.2. The van der Waals surface area contributed by atoms with Gasteiger partial charge in [0.1, 0.15) is 0 Å². The van der Waals surface area contributed by atoms with E-state index in [1.165, 1.54) is 16.8 Å². The Morgan fingerprint density at radius 2 is 1.50 bits per heavy atom. The van der Waals surface area contributed by atoms with Crippen LogP contribution in [0.5, 0.6) is 0 Å². The molecule has 5 rings (SSSR count). The molecule has 0 amide bonds. The van der Waals surface area contributed by atoms with Crippen molar-refractivity contribution in [3.63, 3.8) is 0 Å². The van der Waals surface area contributed by atoms with Gasteiger partial charge in [0, 0.05) is 0 Å². The number of nitrogens with zero attached hydrogens (tertiary/aromatic N) is 1. The van der Waals surface area contributed by atoms with E-state index < -0.39 is 55.0 Å². The minimum atomic E-state index is -4.09. The number of hydrogen-bond donors (Lipinski definition) is 2. The zero-order chi connectivity index (χ0) is 20.7. The van der Waals surface area contributed by atoms with Crippen LogP contribution in [0.1, 0.15) is 6.23 Å². The van der Waals surface area contributed by atoms with Crippen LogP contribution in [0.2, 0.25) is 0 Å². The van der Waals surface area contributed by atoms with Crippen LogP contribution in [0.15, 0.2) is 82.5 Å². The van der Waals surface area contributed by atoms with Gasteiger partial charge in [0.15, 0.2) is 0 Å². The van der Waals surface area contributed by atoms with Crippen molar-refractivity contribution in [2.24, 2.45) is 0 Å². The molecule has 0 saturated carbocycles. The molecular formula is C21H20N2O6Sn. The van der Waals surface area contributed by atoms with Crippen molar-refractivity contribution >= 4 is 26.4 Å². The van der Waals surface area contributed by atoms with Gasteiger partial charge in [0.25, 0.3) is 0 Å². The number of aromatic amines is 1. The molecule has 0 radical (unpaired) electrons. The van der Waals surface area contributed by atoms with E-state index in [0.717, 1.165) is 7.16 Å². The first-order chi connectivity index (χ1) is 14.6. The van der Waals surface area contributed by atoms with Crippen molar-refractivity contribution < 1.29 is 16.0 Å². The fraction of sp³-hybridized carbons (Fsp3) is 0.238. The summed E-state index contributed by atoms with van der Waals surface area (Å²) in [5, 5.41) is 9.92. The molecule has 3 aromatic rings. The second-order valence-electron chi connectivity index (χ2n) is 7.28. The molecule has 2 aromatic carbocycles. The number of H-pyrrole nitrogens is 1. The van der Waals surface area contributed by atoms with Crippen LogP contribution < -0.4 is 18.4 Å². The molecule has 0 aliphatic carbocycles. The number of fused-ring (bicyclic) bond motifs is 1. The van der Waals surface area contributed by atoms with Gasteiger partial charge in [-0.3, -0.25) is 0 Å². The van der Waals surface area contributed by atoms with Gasteiger partial charge in [-0.1, -0.05) is 0 Å². The summed E-state index contributed by atoms with van der Waals surface area (Å²) in [7, 11) is 0. The molecule has 2 fully saturated rings. The summed E-state index contributed by atoms with van der Waals surface area (Å²) >= 11 is -4.09. The number of aliphatic hydroxyl groups excluding tert-OH is 1. The molecule has 9 heteroatoms. The van der Waals surface area contributed by atoms with E-state index in [-0.39, 0.29) is 6.61 Å². The van der Waals surface area contributed by atoms with Gasteiger partial charge in [-0.15, -0.1) is 0 Å². The van der Waals surface area contributed by atoms with Gasteiger partial charge in [0.05, 0.1) is 0 Å². The van der Waals surface area contributed by atoms with Crippen LogP contribution in [0.3, 0.4) is 0 Å². The van der Waals surface area contributed by atoms with Crippen molar-refractivity contribution in [3.8, 4) is 0 Å². The molecule has 0 spiro atoms. The van der Waals surface area contributed by atoms with Crippen LogP contribution in [0.4, 0.5) is 0 Å². The van der Waals surface area contributed by atoms with E-state index in [1.54, 1.807) is 0 Å². The Labute approximate surface area is 176 Å². The van der Waals surface area contributed by atoms with Crippen LogP contribution in [0.25, 0.3) is 0 Å². The van der Waals surface area contributed by atoms with Gasteiger partial charge in [0.2, 0.25) is 0 Å². The van der Waals surface area contributed by atoms with E-state index in [2.05, 4.69) is 4.98 Å². The monoisotopic (exact) mass is 516 g/mol. The zero-order valence-corrected chi connectivity index (χ0v) is 18.7. The van der Waals surface area contributed by atoms with E-state index in [9.17, 15) is 14.7 Å². The average Bonchev–Trinajstić information content (AvgIpc) is 3.32. The number of rotatable bonds is 4. The molecule has 2 saturated heterocycles. The molecule has 154 valence electrons. The van der Waals surface area contributed by atoms with Gasteiger partial charge in [-0.25, -0.2) is 0 Å². The number of aromatic nitrogens is 2. The summed E-state index contributed by atoms with van der Waals surface area (Å²) < 4.78 is 22.6. The van der Waals surface area contributed by atoms with Crippen molar-refractivity contribution in [2.45, 2.75) is 24.5 Å². The number of ether oxygens (including phenoxy) is 1. The number of aliphatic hydroxyl groups is 1. The SMILES string of the molecule is O=c1ccn(C2OC(CO)C3[O][Sn]([c]4ccccc4)([c]4ccccc4)[O]C32)c(=O)[nH]1. The van der Waals surface area contributed by atoms with Crippen molar-refractivity contribution in [2.75, 3.05) is 6.61 Å². The third kappa shape index (κ3) is 3.15. The van der Waals surface area contributed by atoms with Crippen molar-refractivity contribution in [3.05, 3.63) is 93.8 Å². The molecule has 2 aliphatic heterocycles. The quantitative estimate of drug-likeness (QED) is 0.454. The number of hydrogen-bond acceptors (Lipinski definition) is 6. The molecule has 3 heterocycles. The zero-order valence-electron chi connectivity index (χ0n) is 15.9. The van der Waals surface area contributed by atoms with Gasteiger partial charge >= 0.3 is 177 Å². The molecule has 4 atom stereocenters. The fourth-order valence-electron chi connectivity index (χ4n) is 4.14. The molecule has 1 aromatic heterocycles. The first kappa shape index (κ1) is 19.7. The Hall–Kier alpha value is -2.24. The molecule has 30 heavy (non-hydrogen) atoms. The molecule has 2 aliphatic rings. The predicted molar refractivity (Wildman–Crippen MR) is 110 cm³/mol. The third-order valence-electron chi connectivity index (χ3n) is 5.50. The summed E-state index contributed by atoms with van der Waals surface area (Å²) in [5.74, 6) is 0. The Morgan fingerprint density at radius 1 is 0.900 bits per heavy atom. The summed E-state index contributed by atoms with van der Waals surface area (Å²) in [5.41, 5.74) is -1.09.